The minimum atomic E-state index is -1.18. The van der Waals surface area contributed by atoms with Crippen molar-refractivity contribution >= 4 is 40.6 Å². The van der Waals surface area contributed by atoms with E-state index in [9.17, 15) is 14.4 Å². The van der Waals surface area contributed by atoms with E-state index in [2.05, 4.69) is 32.7 Å². The summed E-state index contributed by atoms with van der Waals surface area (Å²) in [6.45, 7) is 8.07. The Bertz CT molecular complexity index is 1450. The Balaban J connectivity index is 1.34. The molecule has 0 aliphatic carbocycles. The van der Waals surface area contributed by atoms with Gasteiger partial charge in [-0.25, -0.2) is 4.79 Å². The highest BCUT2D eigenvalue weighted by Crippen LogP contribution is 2.30. The van der Waals surface area contributed by atoms with Gasteiger partial charge in [-0.3, -0.25) is 19.5 Å². The maximum Gasteiger partial charge on any atom is 0.321 e. The van der Waals surface area contributed by atoms with Gasteiger partial charge in [0.1, 0.15) is 6.54 Å². The summed E-state index contributed by atoms with van der Waals surface area (Å²) in [5.41, 5.74) is 5.61. The third-order valence-electron chi connectivity index (χ3n) is 7.31. The lowest BCUT2D eigenvalue weighted by Crippen LogP contribution is -2.54. The molecular formula is C31H34N6O3. The molecule has 1 saturated heterocycles. The van der Waals surface area contributed by atoms with Crippen molar-refractivity contribution in [1.29, 1.82) is 0 Å². The summed E-state index contributed by atoms with van der Waals surface area (Å²) >= 11 is 0. The van der Waals surface area contributed by atoms with Gasteiger partial charge in [0.2, 0.25) is 12.1 Å². The lowest BCUT2D eigenvalue weighted by Gasteiger charge is -2.37. The number of aryl methyl sites for hydroxylation is 2. The van der Waals surface area contributed by atoms with Crippen LogP contribution in [0, 0.1) is 13.8 Å². The minimum Gasteiger partial charge on any atom is -0.368 e. The van der Waals surface area contributed by atoms with Crippen molar-refractivity contribution in [1.82, 2.24) is 10.2 Å². The number of piperazine rings is 1. The molecule has 3 aromatic carbocycles. The Kier molecular flexibility index (Phi) is 7.82. The molecule has 0 bridgehead atoms. The van der Waals surface area contributed by atoms with Crippen molar-refractivity contribution in [2.75, 3.05) is 47.8 Å². The average Bonchev–Trinajstić information content (AvgIpc) is 3.04. The van der Waals surface area contributed by atoms with Gasteiger partial charge < -0.3 is 20.4 Å². The van der Waals surface area contributed by atoms with Crippen LogP contribution in [0.5, 0.6) is 0 Å². The molecular weight excluding hydrogens is 504 g/mol. The first kappa shape index (κ1) is 26.9. The van der Waals surface area contributed by atoms with Crippen LogP contribution in [0.25, 0.3) is 0 Å². The van der Waals surface area contributed by atoms with Crippen molar-refractivity contribution < 1.29 is 14.4 Å². The number of fused-ring (bicyclic) bond motifs is 1. The molecule has 9 heteroatoms. The van der Waals surface area contributed by atoms with Gasteiger partial charge in [0.25, 0.3) is 5.91 Å². The second-order valence-corrected chi connectivity index (χ2v) is 10.2. The number of amides is 4. The summed E-state index contributed by atoms with van der Waals surface area (Å²) in [4.78, 5) is 50.4. The zero-order chi connectivity index (χ0) is 28.2. The fourth-order valence-corrected chi connectivity index (χ4v) is 5.24. The van der Waals surface area contributed by atoms with Gasteiger partial charge in [-0.1, -0.05) is 48.5 Å². The molecule has 5 rings (SSSR count). The Morgan fingerprint density at radius 2 is 1.62 bits per heavy atom. The number of nitrogens with one attached hydrogen (secondary N) is 2. The van der Waals surface area contributed by atoms with Crippen LogP contribution in [0.2, 0.25) is 0 Å². The van der Waals surface area contributed by atoms with E-state index in [0.29, 0.717) is 43.3 Å². The van der Waals surface area contributed by atoms with E-state index in [1.165, 1.54) is 4.90 Å². The zero-order valence-corrected chi connectivity index (χ0v) is 23.1. The summed E-state index contributed by atoms with van der Waals surface area (Å²) in [7, 11) is 0. The Labute approximate surface area is 234 Å². The van der Waals surface area contributed by atoms with Crippen molar-refractivity contribution in [2.24, 2.45) is 4.99 Å². The van der Waals surface area contributed by atoms with Crippen LogP contribution in [-0.4, -0.2) is 67.3 Å². The molecule has 1 fully saturated rings. The Morgan fingerprint density at radius 3 is 2.35 bits per heavy atom. The number of hydrogen-bond donors (Lipinski definition) is 2. The summed E-state index contributed by atoms with van der Waals surface area (Å²) in [5.74, 6) is -0.596. The normalized spacial score (nSPS) is 17.1. The fraction of sp³-hybridized carbons (Fsp3) is 0.290. The first-order valence-electron chi connectivity index (χ1n) is 13.5. The first-order valence-corrected chi connectivity index (χ1v) is 13.5. The Hall–Kier alpha value is -4.66. The van der Waals surface area contributed by atoms with Crippen LogP contribution < -0.4 is 20.4 Å². The SMILES string of the molecule is CC1=N[C@@H](NC(=O)Nc2cccc(C)c2)C(=O)N(CC(=O)N2CCN(c3ccccc3)CC2)c2c(C)cccc21. The molecule has 3 aromatic rings. The molecule has 0 saturated carbocycles. The molecule has 1 atom stereocenters. The molecule has 0 aromatic heterocycles. The number of rotatable bonds is 5. The van der Waals surface area contributed by atoms with Crippen molar-refractivity contribution in [3.05, 3.63) is 89.5 Å². The first-order chi connectivity index (χ1) is 19.3. The van der Waals surface area contributed by atoms with Gasteiger partial charge in [0.15, 0.2) is 0 Å². The monoisotopic (exact) mass is 538 g/mol. The van der Waals surface area contributed by atoms with E-state index in [-0.39, 0.29) is 12.5 Å². The van der Waals surface area contributed by atoms with Gasteiger partial charge in [-0.15, -0.1) is 0 Å². The van der Waals surface area contributed by atoms with Crippen LogP contribution in [-0.2, 0) is 9.59 Å². The van der Waals surface area contributed by atoms with E-state index >= 15 is 0 Å². The molecule has 9 nitrogen and oxygen atoms in total. The number of nitrogens with zero attached hydrogens (tertiary/aromatic N) is 4. The van der Waals surface area contributed by atoms with Gasteiger partial charge in [0.05, 0.1) is 5.69 Å². The average molecular weight is 539 g/mol. The smallest absolute Gasteiger partial charge is 0.321 e. The van der Waals surface area contributed by atoms with Gasteiger partial charge in [0, 0.05) is 48.8 Å². The highest BCUT2D eigenvalue weighted by atomic mass is 16.2. The molecule has 2 aliphatic rings. The minimum absolute atomic E-state index is 0.136. The molecule has 40 heavy (non-hydrogen) atoms. The third kappa shape index (κ3) is 5.83. The molecule has 2 aliphatic heterocycles. The number of benzodiazepines with no additional fused rings is 1. The van der Waals surface area contributed by atoms with Crippen molar-refractivity contribution in [3.63, 3.8) is 0 Å². The number of urea groups is 1. The quantitative estimate of drug-likeness (QED) is 0.514. The van der Waals surface area contributed by atoms with Crippen LogP contribution in [0.4, 0.5) is 21.9 Å². The van der Waals surface area contributed by atoms with E-state index in [0.717, 1.165) is 22.4 Å². The number of hydrogen-bond acceptors (Lipinski definition) is 5. The molecule has 2 N–H and O–H groups in total. The topological polar surface area (TPSA) is 97.3 Å². The van der Waals surface area contributed by atoms with E-state index in [1.807, 2.05) is 75.4 Å². The second kappa shape index (κ2) is 11.6. The van der Waals surface area contributed by atoms with E-state index in [4.69, 9.17) is 0 Å². The van der Waals surface area contributed by atoms with Gasteiger partial charge >= 0.3 is 6.03 Å². The third-order valence-corrected chi connectivity index (χ3v) is 7.31. The number of aliphatic imine (C=N–C) groups is 1. The molecule has 4 amide bonds. The van der Waals surface area contributed by atoms with Gasteiger partial charge in [-0.05, 0) is 56.2 Å². The van der Waals surface area contributed by atoms with Crippen molar-refractivity contribution in [2.45, 2.75) is 26.9 Å². The van der Waals surface area contributed by atoms with E-state index < -0.39 is 18.1 Å². The van der Waals surface area contributed by atoms with Crippen molar-refractivity contribution in [3.8, 4) is 0 Å². The Morgan fingerprint density at radius 1 is 0.900 bits per heavy atom. The summed E-state index contributed by atoms with van der Waals surface area (Å²) < 4.78 is 0. The second-order valence-electron chi connectivity index (χ2n) is 10.2. The molecule has 0 unspecified atom stereocenters. The number of benzene rings is 3. The predicted octanol–water partition coefficient (Wildman–Crippen LogP) is 3.96. The number of carbonyl (C=O) groups excluding carboxylic acids is 3. The predicted molar refractivity (Wildman–Crippen MR) is 158 cm³/mol. The largest absolute Gasteiger partial charge is 0.368 e. The molecule has 0 radical (unpaired) electrons. The molecule has 206 valence electrons. The lowest BCUT2D eigenvalue weighted by molar-refractivity contribution is -0.131. The summed E-state index contributed by atoms with van der Waals surface area (Å²) in [6.07, 6.45) is -1.18. The maximum atomic E-state index is 13.9. The number of para-hydroxylation sites is 2. The highest BCUT2D eigenvalue weighted by Gasteiger charge is 2.35. The summed E-state index contributed by atoms with van der Waals surface area (Å²) in [6, 6.07) is 22.7. The zero-order valence-electron chi connectivity index (χ0n) is 23.1. The molecule has 2 heterocycles. The van der Waals surface area contributed by atoms with Crippen LogP contribution in [0.1, 0.15) is 23.6 Å². The lowest BCUT2D eigenvalue weighted by atomic mass is 10.0. The van der Waals surface area contributed by atoms with E-state index in [1.54, 1.807) is 11.0 Å². The van der Waals surface area contributed by atoms with Crippen LogP contribution in [0.3, 0.4) is 0 Å². The molecule has 0 spiro atoms. The standard InChI is InChI=1S/C31H34N6O3/c1-21-9-7-11-24(19-21)33-31(40)34-29-30(39)37(28-22(2)10-8-14-26(28)23(3)32-29)20-27(38)36-17-15-35(16-18-36)25-12-5-4-6-13-25/h4-14,19,29H,15-18,20H2,1-3H3,(H2,33,34,40)/t29-/m0/s1. The maximum absolute atomic E-state index is 13.9. The highest BCUT2D eigenvalue weighted by molar-refractivity contribution is 6.14. The van der Waals surface area contributed by atoms with Crippen LogP contribution in [0.15, 0.2) is 77.8 Å². The summed E-state index contributed by atoms with van der Waals surface area (Å²) in [5, 5.41) is 5.48. The fourth-order valence-electron chi connectivity index (χ4n) is 5.24. The van der Waals surface area contributed by atoms with Gasteiger partial charge in [-0.2, -0.15) is 0 Å². The van der Waals surface area contributed by atoms with Crippen LogP contribution >= 0.6 is 0 Å². The number of carbonyl (C=O) groups is 3. The number of anilines is 3.